The van der Waals surface area contributed by atoms with E-state index in [0.29, 0.717) is 6.61 Å². The minimum Gasteiger partial charge on any atom is -0.491 e. The molecular formula is C14H21NO2. The number of rotatable bonds is 5. The molecule has 0 aromatic heterocycles. The number of ether oxygens (including phenoxy) is 2. The summed E-state index contributed by atoms with van der Waals surface area (Å²) in [5, 5.41) is 3.29. The van der Waals surface area contributed by atoms with Crippen LogP contribution in [0.3, 0.4) is 0 Å². The molecule has 94 valence electrons. The molecule has 1 aliphatic heterocycles. The molecule has 0 spiro atoms. The van der Waals surface area contributed by atoms with Gasteiger partial charge in [0.15, 0.2) is 0 Å². The van der Waals surface area contributed by atoms with Crippen molar-refractivity contribution in [3.63, 3.8) is 0 Å². The van der Waals surface area contributed by atoms with E-state index in [1.54, 1.807) is 0 Å². The van der Waals surface area contributed by atoms with Gasteiger partial charge in [0.25, 0.3) is 0 Å². The maximum absolute atomic E-state index is 5.71. The fraction of sp³-hybridized carbons (Fsp3) is 0.571. The first-order valence-electron chi connectivity index (χ1n) is 6.42. The molecule has 0 radical (unpaired) electrons. The highest BCUT2D eigenvalue weighted by Gasteiger charge is 2.13. The summed E-state index contributed by atoms with van der Waals surface area (Å²) in [6.45, 7) is 5.43. The van der Waals surface area contributed by atoms with E-state index in [1.165, 1.54) is 12.0 Å². The molecule has 1 aliphatic rings. The van der Waals surface area contributed by atoms with Crippen molar-refractivity contribution < 1.29 is 9.47 Å². The zero-order chi connectivity index (χ0) is 11.9. The highest BCUT2D eigenvalue weighted by Crippen LogP contribution is 2.14. The SMILES string of the molecule is CCCc1ccc(OCC2CNCCO2)cc1. The molecule has 2 rings (SSSR count). The molecule has 0 aliphatic carbocycles. The second-order valence-electron chi connectivity index (χ2n) is 4.40. The number of benzene rings is 1. The van der Waals surface area contributed by atoms with Gasteiger partial charge in [0.05, 0.1) is 6.61 Å². The molecule has 3 nitrogen and oxygen atoms in total. The Labute approximate surface area is 103 Å². The first kappa shape index (κ1) is 12.4. The Morgan fingerprint density at radius 2 is 2.18 bits per heavy atom. The van der Waals surface area contributed by atoms with Crippen molar-refractivity contribution in [3.8, 4) is 5.75 Å². The molecule has 1 N–H and O–H groups in total. The Morgan fingerprint density at radius 3 is 2.82 bits per heavy atom. The molecule has 3 heteroatoms. The van der Waals surface area contributed by atoms with Gasteiger partial charge in [-0.1, -0.05) is 25.5 Å². The third kappa shape index (κ3) is 4.02. The summed E-state index contributed by atoms with van der Waals surface area (Å²) in [5.41, 5.74) is 1.37. The van der Waals surface area contributed by atoms with Gasteiger partial charge < -0.3 is 14.8 Å². The zero-order valence-electron chi connectivity index (χ0n) is 10.4. The lowest BCUT2D eigenvalue weighted by Gasteiger charge is -2.23. The van der Waals surface area contributed by atoms with Crippen LogP contribution < -0.4 is 10.1 Å². The van der Waals surface area contributed by atoms with Gasteiger partial charge in [-0.05, 0) is 24.1 Å². The average Bonchev–Trinajstić information content (AvgIpc) is 2.40. The van der Waals surface area contributed by atoms with E-state index >= 15 is 0 Å². The Balaban J connectivity index is 1.77. The average molecular weight is 235 g/mol. The molecule has 0 bridgehead atoms. The number of nitrogens with one attached hydrogen (secondary N) is 1. The second-order valence-corrected chi connectivity index (χ2v) is 4.40. The van der Waals surface area contributed by atoms with Crippen LogP contribution in [-0.2, 0) is 11.2 Å². The molecule has 1 atom stereocenters. The van der Waals surface area contributed by atoms with E-state index in [9.17, 15) is 0 Å². The number of hydrogen-bond donors (Lipinski definition) is 1. The topological polar surface area (TPSA) is 30.5 Å². The molecular weight excluding hydrogens is 214 g/mol. The summed E-state index contributed by atoms with van der Waals surface area (Å²) < 4.78 is 11.3. The first-order chi connectivity index (χ1) is 8.38. The lowest BCUT2D eigenvalue weighted by atomic mass is 10.1. The van der Waals surface area contributed by atoms with Gasteiger partial charge in [-0.25, -0.2) is 0 Å². The van der Waals surface area contributed by atoms with Gasteiger partial charge >= 0.3 is 0 Å². The van der Waals surface area contributed by atoms with Crippen LogP contribution in [0.2, 0.25) is 0 Å². The Kier molecular flexibility index (Phi) is 4.83. The van der Waals surface area contributed by atoms with Crippen LogP contribution in [0.5, 0.6) is 5.75 Å². The van der Waals surface area contributed by atoms with E-state index in [-0.39, 0.29) is 6.10 Å². The van der Waals surface area contributed by atoms with Gasteiger partial charge in [0, 0.05) is 13.1 Å². The van der Waals surface area contributed by atoms with Gasteiger partial charge in [0.1, 0.15) is 18.5 Å². The van der Waals surface area contributed by atoms with Crippen LogP contribution in [0.4, 0.5) is 0 Å². The van der Waals surface area contributed by atoms with Crippen molar-refractivity contribution in [2.24, 2.45) is 0 Å². The number of aryl methyl sites for hydroxylation is 1. The monoisotopic (exact) mass is 235 g/mol. The van der Waals surface area contributed by atoms with E-state index in [4.69, 9.17) is 9.47 Å². The molecule has 1 aromatic rings. The van der Waals surface area contributed by atoms with Crippen LogP contribution in [0.15, 0.2) is 24.3 Å². The minimum absolute atomic E-state index is 0.180. The van der Waals surface area contributed by atoms with Crippen LogP contribution in [0.1, 0.15) is 18.9 Å². The largest absolute Gasteiger partial charge is 0.491 e. The second kappa shape index (κ2) is 6.62. The van der Waals surface area contributed by atoms with Gasteiger partial charge in [0.2, 0.25) is 0 Å². The standard InChI is InChI=1S/C14H21NO2/c1-2-3-12-4-6-13(7-5-12)17-11-14-10-15-8-9-16-14/h4-7,14-15H,2-3,8-11H2,1H3. The zero-order valence-corrected chi connectivity index (χ0v) is 10.4. The third-order valence-corrected chi connectivity index (χ3v) is 2.90. The fourth-order valence-electron chi connectivity index (χ4n) is 1.96. The summed E-state index contributed by atoms with van der Waals surface area (Å²) in [4.78, 5) is 0. The molecule has 0 amide bonds. The normalized spacial score (nSPS) is 20.2. The summed E-state index contributed by atoms with van der Waals surface area (Å²) in [6, 6.07) is 8.36. The maximum Gasteiger partial charge on any atom is 0.119 e. The Hall–Kier alpha value is -1.06. The predicted octanol–water partition coefficient (Wildman–Crippen LogP) is 2.01. The molecule has 1 heterocycles. The molecule has 17 heavy (non-hydrogen) atoms. The highest BCUT2D eigenvalue weighted by molar-refractivity contribution is 5.27. The van der Waals surface area contributed by atoms with Crippen molar-refractivity contribution in [3.05, 3.63) is 29.8 Å². The summed E-state index contributed by atoms with van der Waals surface area (Å²) in [7, 11) is 0. The number of hydrogen-bond acceptors (Lipinski definition) is 3. The Bertz CT molecular complexity index is 317. The summed E-state index contributed by atoms with van der Waals surface area (Å²) >= 11 is 0. The van der Waals surface area contributed by atoms with Crippen LogP contribution in [-0.4, -0.2) is 32.4 Å². The molecule has 1 aromatic carbocycles. The number of morpholine rings is 1. The molecule has 1 saturated heterocycles. The van der Waals surface area contributed by atoms with Crippen LogP contribution >= 0.6 is 0 Å². The van der Waals surface area contributed by atoms with Crippen molar-refractivity contribution >= 4 is 0 Å². The highest BCUT2D eigenvalue weighted by atomic mass is 16.5. The van der Waals surface area contributed by atoms with Crippen molar-refractivity contribution in [1.82, 2.24) is 5.32 Å². The predicted molar refractivity (Wildman–Crippen MR) is 68.5 cm³/mol. The molecule has 1 unspecified atom stereocenters. The van der Waals surface area contributed by atoms with Crippen LogP contribution in [0, 0.1) is 0 Å². The lowest BCUT2D eigenvalue weighted by Crippen LogP contribution is -2.41. The van der Waals surface area contributed by atoms with E-state index in [0.717, 1.165) is 31.9 Å². The lowest BCUT2D eigenvalue weighted by molar-refractivity contribution is 0.000193. The van der Waals surface area contributed by atoms with E-state index in [2.05, 4.69) is 24.4 Å². The van der Waals surface area contributed by atoms with E-state index < -0.39 is 0 Å². The molecule has 0 saturated carbocycles. The smallest absolute Gasteiger partial charge is 0.119 e. The van der Waals surface area contributed by atoms with Gasteiger partial charge in [-0.15, -0.1) is 0 Å². The van der Waals surface area contributed by atoms with Crippen molar-refractivity contribution in [1.29, 1.82) is 0 Å². The summed E-state index contributed by atoms with van der Waals surface area (Å²) in [6.07, 6.45) is 2.50. The fourth-order valence-corrected chi connectivity index (χ4v) is 1.96. The third-order valence-electron chi connectivity index (χ3n) is 2.90. The first-order valence-corrected chi connectivity index (χ1v) is 6.42. The minimum atomic E-state index is 0.180. The van der Waals surface area contributed by atoms with Crippen LogP contribution in [0.25, 0.3) is 0 Å². The Morgan fingerprint density at radius 1 is 1.35 bits per heavy atom. The van der Waals surface area contributed by atoms with Gasteiger partial charge in [-0.3, -0.25) is 0 Å². The molecule has 1 fully saturated rings. The van der Waals surface area contributed by atoms with E-state index in [1.807, 2.05) is 12.1 Å². The van der Waals surface area contributed by atoms with Crippen molar-refractivity contribution in [2.45, 2.75) is 25.9 Å². The summed E-state index contributed by atoms with van der Waals surface area (Å²) in [5.74, 6) is 0.930. The van der Waals surface area contributed by atoms with Crippen molar-refractivity contribution in [2.75, 3.05) is 26.3 Å². The maximum atomic E-state index is 5.71. The van der Waals surface area contributed by atoms with Gasteiger partial charge in [-0.2, -0.15) is 0 Å². The quantitative estimate of drug-likeness (QED) is 0.847.